The predicted molar refractivity (Wildman–Crippen MR) is 259 cm³/mol. The minimum absolute atomic E-state index is 0.247. The van der Waals surface area contributed by atoms with Gasteiger partial charge in [-0.15, -0.1) is 0 Å². The fraction of sp³-hybridized carbons (Fsp3) is 0.0169. The lowest BCUT2D eigenvalue weighted by Crippen LogP contribution is -2.36. The average molecular weight is 861 g/mol. The van der Waals surface area contributed by atoms with E-state index in [0.717, 1.165) is 0 Å². The van der Waals surface area contributed by atoms with Crippen LogP contribution in [-0.4, -0.2) is 0 Å². The third kappa shape index (κ3) is 5.41. The highest BCUT2D eigenvalue weighted by atomic mass is 32.2. The van der Waals surface area contributed by atoms with Gasteiger partial charge in [0.25, 0.3) is 0 Å². The molecular formula is C59H37NO2S. The van der Waals surface area contributed by atoms with Crippen LogP contribution in [0.1, 0.15) is 73.0 Å². The average Bonchev–Trinajstić information content (AvgIpc) is 0.759. The normalized spacial score (nSPS) is 21.5. The van der Waals surface area contributed by atoms with E-state index in [9.17, 15) is 27.4 Å². The fourth-order valence-electron chi connectivity index (χ4n) is 7.74. The molecule has 0 fully saturated rings. The number of hydrogen-bond acceptors (Lipinski definition) is 4. The molecule has 296 valence electrons. The van der Waals surface area contributed by atoms with Crippen LogP contribution in [0.25, 0.3) is 55.0 Å². The van der Waals surface area contributed by atoms with Crippen molar-refractivity contribution in [2.45, 2.75) is 15.2 Å². The van der Waals surface area contributed by atoms with Gasteiger partial charge in [0.05, 0.1) is 61.8 Å². The van der Waals surface area contributed by atoms with E-state index in [1.54, 1.807) is 0 Å². The summed E-state index contributed by atoms with van der Waals surface area (Å²) in [6.07, 6.45) is 0. The molecule has 0 saturated heterocycles. The molecular weight excluding hydrogens is 787 g/mol. The van der Waals surface area contributed by atoms with E-state index < -0.39 is 345 Å². The largest absolute Gasteiger partial charge is 0.457 e. The van der Waals surface area contributed by atoms with Crippen molar-refractivity contribution in [2.75, 3.05) is 4.90 Å². The Morgan fingerprint density at radius 2 is 0.984 bits per heavy atom. The summed E-state index contributed by atoms with van der Waals surface area (Å²) in [5.41, 5.74) is -15.5. The van der Waals surface area contributed by atoms with Crippen molar-refractivity contribution < 1.29 is 59.9 Å². The van der Waals surface area contributed by atoms with Crippen molar-refractivity contribution in [3.8, 4) is 33.8 Å². The third-order valence-electron chi connectivity index (χ3n) is 10.3. The Bertz CT molecular complexity index is 5600. The number of nitrogens with zero attached hydrogens (tertiary/aromatic N) is 1. The Balaban J connectivity index is 1.25. The van der Waals surface area contributed by atoms with E-state index in [-0.39, 0.29) is 11.8 Å². The number of fused-ring (bicyclic) bond motifs is 13. The highest BCUT2D eigenvalue weighted by Gasteiger charge is 2.49. The molecule has 0 N–H and O–H groups in total. The van der Waals surface area contributed by atoms with Crippen LogP contribution in [0.2, 0.25) is 0 Å². The molecule has 1 spiro atoms. The summed E-state index contributed by atoms with van der Waals surface area (Å²) in [6, 6.07) is -41.1. The summed E-state index contributed by atoms with van der Waals surface area (Å²) in [7, 11) is 0. The first-order chi connectivity index (χ1) is 46.6. The first kappa shape index (κ1) is 14.9. The minimum atomic E-state index is -3.14. The van der Waals surface area contributed by atoms with Gasteiger partial charge in [-0.25, -0.2) is 0 Å². The zero-order valence-corrected chi connectivity index (χ0v) is 32.0. The Morgan fingerprint density at radius 3 is 1.71 bits per heavy atom. The number of para-hydroxylation sites is 3. The maximum absolute atomic E-state index is 10.2. The second-order valence-electron chi connectivity index (χ2n) is 13.5. The summed E-state index contributed by atoms with van der Waals surface area (Å²) in [5.74, 6) is -1.86. The van der Waals surface area contributed by atoms with Crippen LogP contribution in [0.5, 0.6) is 11.5 Å². The topological polar surface area (TPSA) is 25.6 Å². The molecule has 0 amide bonds. The van der Waals surface area contributed by atoms with Crippen LogP contribution in [0, 0.1) is 0 Å². The van der Waals surface area contributed by atoms with Crippen molar-refractivity contribution in [2.24, 2.45) is 0 Å². The van der Waals surface area contributed by atoms with Crippen LogP contribution < -0.4 is 9.64 Å². The van der Waals surface area contributed by atoms with E-state index in [2.05, 4.69) is 0 Å². The molecule has 2 aliphatic heterocycles. The Labute approximate surface area is 421 Å². The van der Waals surface area contributed by atoms with Gasteiger partial charge in [-0.1, -0.05) is 181 Å². The maximum atomic E-state index is 10.2. The van der Waals surface area contributed by atoms with Crippen LogP contribution in [-0.2, 0) is 5.41 Å². The van der Waals surface area contributed by atoms with Crippen molar-refractivity contribution in [1.82, 2.24) is 0 Å². The SMILES string of the molecule is [2H]c1c([2H])c([2H])c(-c2c([2H])c([2H])c(N(c3c([2H])c([2H])c(-c4c([2H])c([2H])c([2H])c5c4Sc4c([2H])c([2H])c([2H])c([2H])c4C54c5c([2H])c([2H])c([2H])c([2H])c5Oc5c([2H])c([2H])c([2H])c([2H])c54)c([2H])c3[2H])c3c([2H])c4c(oc5c([2H])c([2H])c([2H])c([2H])c54)c4c([2H])c([2H])c([2H])c([2H])c34)c([2H])c2[2H])c([2H])c1[2H]. The lowest BCUT2D eigenvalue weighted by Gasteiger charge is -2.45. The van der Waals surface area contributed by atoms with Gasteiger partial charge in [0.1, 0.15) is 22.7 Å². The predicted octanol–water partition coefficient (Wildman–Crippen LogP) is 16.5. The number of rotatable bonds is 5. The molecule has 0 bridgehead atoms. The van der Waals surface area contributed by atoms with Gasteiger partial charge in [-0.2, -0.15) is 0 Å². The monoisotopic (exact) mass is 860 g/mol. The van der Waals surface area contributed by atoms with E-state index in [0.29, 0.717) is 4.90 Å². The summed E-state index contributed by atoms with van der Waals surface area (Å²) >= 11 is 0.247. The lowest BCUT2D eigenvalue weighted by atomic mass is 9.63. The molecule has 1 aromatic heterocycles. The van der Waals surface area contributed by atoms with Crippen LogP contribution >= 0.6 is 11.8 Å². The third-order valence-corrected chi connectivity index (χ3v) is 11.4. The Hall–Kier alpha value is -7.79. The highest BCUT2D eigenvalue weighted by molar-refractivity contribution is 7.99. The fourth-order valence-corrected chi connectivity index (χ4v) is 8.91. The van der Waals surface area contributed by atoms with Crippen molar-refractivity contribution >= 4 is 61.5 Å². The summed E-state index contributed by atoms with van der Waals surface area (Å²) in [5, 5.41) is -3.07. The maximum Gasteiger partial charge on any atom is 0.143 e. The first-order valence-electron chi connectivity index (χ1n) is 36.9. The standard InChI is InChI=1S/C59H37NO2S/c1-2-15-38(16-3-1)39-29-33-41(34-30-39)60(52-37-47-45-18-6-10-25-53(45)62-57(47)46-19-5-4-17-44(46)52)42-35-31-40(32-36-42)43-20-14-24-51-58(43)63-56-28-13-9-23-50(56)59(51)48-21-7-11-26-54(48)61-55-27-12-8-22-49(55)59/h1-37H/i1D,2D,3D,4D,5D,6D,7D,8D,9D,10D,11D,12D,13D,14D,15D,16D,17D,18D,19D,20D,21D,22D,23D,24D,25D,26D,27D,28D,29D,30D,31D,32D,33D,34D,35D,36D,37D. The molecule has 3 heterocycles. The second-order valence-corrected chi connectivity index (χ2v) is 14.6. The zero-order valence-electron chi connectivity index (χ0n) is 68.2. The molecule has 11 aromatic rings. The molecule has 10 aromatic carbocycles. The van der Waals surface area contributed by atoms with Gasteiger partial charge in [-0.3, -0.25) is 0 Å². The van der Waals surface area contributed by atoms with Gasteiger partial charge in [-0.05, 0) is 87.8 Å². The zero-order chi connectivity index (χ0) is 73.7. The Kier molecular flexibility index (Phi) is 3.35. The highest BCUT2D eigenvalue weighted by Crippen LogP contribution is 2.62. The van der Waals surface area contributed by atoms with E-state index in [1.807, 2.05) is 0 Å². The van der Waals surface area contributed by atoms with Crippen molar-refractivity contribution in [1.29, 1.82) is 0 Å². The van der Waals surface area contributed by atoms with Crippen LogP contribution in [0.3, 0.4) is 0 Å². The summed E-state index contributed by atoms with van der Waals surface area (Å²) < 4.78 is 356. The van der Waals surface area contributed by atoms with E-state index in [1.165, 1.54) is 0 Å². The molecule has 0 unspecified atom stereocenters. The summed E-state index contributed by atoms with van der Waals surface area (Å²) in [6.45, 7) is 0. The second kappa shape index (κ2) is 14.1. The van der Waals surface area contributed by atoms with E-state index in [4.69, 9.17) is 32.5 Å². The molecule has 3 nitrogen and oxygen atoms in total. The molecule has 4 heteroatoms. The van der Waals surface area contributed by atoms with Crippen molar-refractivity contribution in [3.05, 3.63) is 246 Å². The van der Waals surface area contributed by atoms with Gasteiger partial charge in [0.15, 0.2) is 0 Å². The van der Waals surface area contributed by atoms with Crippen LogP contribution in [0.4, 0.5) is 17.1 Å². The number of benzene rings is 10. The van der Waals surface area contributed by atoms with Gasteiger partial charge < -0.3 is 14.1 Å². The lowest BCUT2D eigenvalue weighted by molar-refractivity contribution is 0.431. The number of anilines is 3. The molecule has 0 aliphatic carbocycles. The summed E-state index contributed by atoms with van der Waals surface area (Å²) in [4.78, 5) is -1.07. The minimum Gasteiger partial charge on any atom is -0.457 e. The molecule has 0 atom stereocenters. The smallest absolute Gasteiger partial charge is 0.143 e. The Morgan fingerprint density at radius 1 is 0.429 bits per heavy atom. The number of furan rings is 1. The van der Waals surface area contributed by atoms with E-state index >= 15 is 0 Å². The number of ether oxygens (including phenoxy) is 1. The van der Waals surface area contributed by atoms with Gasteiger partial charge >= 0.3 is 0 Å². The van der Waals surface area contributed by atoms with Gasteiger partial charge in [0.2, 0.25) is 0 Å². The first-order valence-corrected chi connectivity index (χ1v) is 19.2. The quantitative estimate of drug-likeness (QED) is 0.172. The molecule has 0 radical (unpaired) electrons. The molecule has 13 rings (SSSR count). The van der Waals surface area contributed by atoms with Crippen LogP contribution in [0.15, 0.2) is 238 Å². The molecule has 63 heavy (non-hydrogen) atoms. The van der Waals surface area contributed by atoms with Crippen molar-refractivity contribution in [3.63, 3.8) is 0 Å². The number of hydrogen-bond donors (Lipinski definition) is 0. The molecule has 0 saturated carbocycles. The van der Waals surface area contributed by atoms with Gasteiger partial charge in [0, 0.05) is 53.8 Å². The molecule has 2 aliphatic rings.